The van der Waals surface area contributed by atoms with Crippen molar-refractivity contribution in [1.29, 1.82) is 0 Å². The first-order valence-corrected chi connectivity index (χ1v) is 9.38. The molecule has 0 saturated heterocycles. The molecule has 8 nitrogen and oxygen atoms in total. The number of aliphatic hydroxyl groups is 4. The lowest BCUT2D eigenvalue weighted by molar-refractivity contribution is -0.0786. The third-order valence-electron chi connectivity index (χ3n) is 5.17. The van der Waals surface area contributed by atoms with Gasteiger partial charge in [0.15, 0.2) is 5.65 Å². The van der Waals surface area contributed by atoms with E-state index >= 15 is 0 Å². The van der Waals surface area contributed by atoms with E-state index in [0.717, 1.165) is 11.1 Å². The van der Waals surface area contributed by atoms with Crippen LogP contribution in [0.2, 0.25) is 0 Å². The Hall–Kier alpha value is -2.98. The predicted octanol–water partition coefficient (Wildman–Crippen LogP) is 1.47. The maximum Gasteiger partial charge on any atom is 0.182 e. The van der Waals surface area contributed by atoms with E-state index in [-0.39, 0.29) is 11.2 Å². The van der Waals surface area contributed by atoms with Gasteiger partial charge in [0.1, 0.15) is 35.3 Å². The summed E-state index contributed by atoms with van der Waals surface area (Å²) in [6.07, 6.45) is -4.88. The molecule has 0 aliphatic heterocycles. The molecule has 3 atom stereocenters. The van der Waals surface area contributed by atoms with Gasteiger partial charge in [0.05, 0.1) is 23.3 Å². The zero-order valence-corrected chi connectivity index (χ0v) is 16.4. The molecule has 0 radical (unpaired) electrons. The monoisotopic (exact) mass is 412 g/mol. The highest BCUT2D eigenvalue weighted by Crippen LogP contribution is 2.29. The first-order chi connectivity index (χ1) is 14.3. The average molecular weight is 412 g/mol. The highest BCUT2D eigenvalue weighted by atomic mass is 19.1. The number of fused-ring (bicyclic) bond motifs is 2. The van der Waals surface area contributed by atoms with Crippen LogP contribution in [-0.2, 0) is 0 Å². The van der Waals surface area contributed by atoms with Crippen molar-refractivity contribution in [3.05, 3.63) is 59.0 Å². The molecule has 9 heteroatoms. The second-order valence-corrected chi connectivity index (χ2v) is 7.28. The minimum Gasteiger partial charge on any atom is -0.394 e. The largest absolute Gasteiger partial charge is 0.394 e. The van der Waals surface area contributed by atoms with Gasteiger partial charge >= 0.3 is 0 Å². The number of aryl methyl sites for hydroxylation is 2. The lowest BCUT2D eigenvalue weighted by Gasteiger charge is -2.20. The minimum atomic E-state index is -1.69. The van der Waals surface area contributed by atoms with Gasteiger partial charge in [-0.1, -0.05) is 0 Å². The number of benzene rings is 2. The molecular weight excluding hydrogens is 391 g/mol. The summed E-state index contributed by atoms with van der Waals surface area (Å²) >= 11 is 0. The molecule has 4 N–H and O–H groups in total. The fourth-order valence-electron chi connectivity index (χ4n) is 3.27. The van der Waals surface area contributed by atoms with Gasteiger partial charge in [0.25, 0.3) is 0 Å². The number of rotatable bonds is 5. The van der Waals surface area contributed by atoms with E-state index in [1.807, 2.05) is 26.0 Å². The van der Waals surface area contributed by atoms with Crippen LogP contribution in [0.4, 0.5) is 4.39 Å². The fourth-order valence-corrected chi connectivity index (χ4v) is 3.27. The molecule has 2 aromatic carbocycles. The molecule has 156 valence electrons. The summed E-state index contributed by atoms with van der Waals surface area (Å²) in [5, 5.41) is 44.1. The quantitative estimate of drug-likeness (QED) is 0.391. The van der Waals surface area contributed by atoms with Gasteiger partial charge in [-0.25, -0.2) is 19.0 Å². The number of hydrogen-bond acceptors (Lipinski definition) is 7. The van der Waals surface area contributed by atoms with Gasteiger partial charge in [-0.05, 0) is 61.4 Å². The summed E-state index contributed by atoms with van der Waals surface area (Å²) in [7, 11) is 0. The Bertz CT molecular complexity index is 1230. The Morgan fingerprint density at radius 2 is 1.57 bits per heavy atom. The Labute approximate surface area is 170 Å². The highest BCUT2D eigenvalue weighted by Gasteiger charge is 2.31. The number of aromatic nitrogens is 4. The molecule has 4 rings (SSSR count). The molecule has 0 saturated carbocycles. The van der Waals surface area contributed by atoms with E-state index in [9.17, 15) is 19.7 Å². The van der Waals surface area contributed by atoms with Crippen molar-refractivity contribution in [2.24, 2.45) is 0 Å². The van der Waals surface area contributed by atoms with Crippen molar-refractivity contribution < 1.29 is 24.8 Å². The van der Waals surface area contributed by atoms with Gasteiger partial charge in [-0.3, -0.25) is 0 Å². The van der Waals surface area contributed by atoms with Crippen LogP contribution in [0.1, 0.15) is 22.9 Å². The summed E-state index contributed by atoms with van der Waals surface area (Å²) in [6, 6.07) is 9.30. The number of nitrogens with zero attached hydrogens (tertiary/aromatic N) is 4. The molecule has 30 heavy (non-hydrogen) atoms. The van der Waals surface area contributed by atoms with Gasteiger partial charge in [0, 0.05) is 0 Å². The predicted molar refractivity (Wildman–Crippen MR) is 108 cm³/mol. The zero-order chi connectivity index (χ0) is 21.6. The SMILES string of the molecule is Cc1cc2nc3c(C(O)C(O)C(O)CO)nn(-c4ccc(F)cc4)c3nc2cc1C. The van der Waals surface area contributed by atoms with E-state index in [1.54, 1.807) is 0 Å². The van der Waals surface area contributed by atoms with Crippen LogP contribution in [0.15, 0.2) is 36.4 Å². The van der Waals surface area contributed by atoms with Crippen LogP contribution < -0.4 is 0 Å². The molecule has 4 aromatic rings. The second kappa shape index (κ2) is 7.69. The van der Waals surface area contributed by atoms with Gasteiger partial charge in [-0.15, -0.1) is 0 Å². The van der Waals surface area contributed by atoms with Crippen LogP contribution in [0.25, 0.3) is 27.9 Å². The maximum absolute atomic E-state index is 13.4. The van der Waals surface area contributed by atoms with Crippen LogP contribution in [0.3, 0.4) is 0 Å². The Balaban J connectivity index is 1.99. The summed E-state index contributed by atoms with van der Waals surface area (Å²) in [5.74, 6) is -0.417. The molecule has 0 spiro atoms. The third kappa shape index (κ3) is 3.41. The highest BCUT2D eigenvalue weighted by molar-refractivity contribution is 5.87. The van der Waals surface area contributed by atoms with Crippen molar-refractivity contribution in [2.45, 2.75) is 32.2 Å². The summed E-state index contributed by atoms with van der Waals surface area (Å²) in [6.45, 7) is 3.17. The lowest BCUT2D eigenvalue weighted by Crippen LogP contribution is -2.35. The summed E-state index contributed by atoms with van der Waals surface area (Å²) in [4.78, 5) is 9.24. The van der Waals surface area contributed by atoms with Crippen LogP contribution in [-0.4, -0.2) is 59.0 Å². The summed E-state index contributed by atoms with van der Waals surface area (Å²) in [5.41, 5.74) is 4.24. The molecule has 0 aliphatic rings. The maximum atomic E-state index is 13.4. The van der Waals surface area contributed by atoms with Crippen LogP contribution in [0, 0.1) is 19.7 Å². The normalized spacial score (nSPS) is 14.9. The van der Waals surface area contributed by atoms with Gasteiger partial charge in [0.2, 0.25) is 0 Å². The Morgan fingerprint density at radius 3 is 2.17 bits per heavy atom. The molecule has 0 amide bonds. The van der Waals surface area contributed by atoms with E-state index in [4.69, 9.17) is 5.11 Å². The third-order valence-corrected chi connectivity index (χ3v) is 5.17. The topological polar surface area (TPSA) is 125 Å². The Morgan fingerprint density at radius 1 is 0.967 bits per heavy atom. The van der Waals surface area contributed by atoms with E-state index in [1.165, 1.54) is 28.9 Å². The van der Waals surface area contributed by atoms with Crippen molar-refractivity contribution in [3.63, 3.8) is 0 Å². The van der Waals surface area contributed by atoms with Crippen molar-refractivity contribution in [1.82, 2.24) is 19.7 Å². The number of halogens is 1. The lowest BCUT2D eigenvalue weighted by atomic mass is 10.0. The van der Waals surface area contributed by atoms with Gasteiger partial charge < -0.3 is 20.4 Å². The Kier molecular flexibility index (Phi) is 5.20. The molecule has 0 aliphatic carbocycles. The smallest absolute Gasteiger partial charge is 0.182 e. The molecule has 3 unspecified atom stereocenters. The fraction of sp³-hybridized carbons (Fsp3) is 0.286. The van der Waals surface area contributed by atoms with Crippen LogP contribution >= 0.6 is 0 Å². The van der Waals surface area contributed by atoms with E-state index < -0.39 is 30.7 Å². The van der Waals surface area contributed by atoms with E-state index in [0.29, 0.717) is 22.4 Å². The van der Waals surface area contributed by atoms with Crippen molar-refractivity contribution in [2.75, 3.05) is 6.61 Å². The molecule has 2 heterocycles. The standard InChI is InChI=1S/C21H21FN4O4/c1-10-7-14-15(8-11(10)2)24-21-18(23-14)17(20(30)19(29)16(28)9-27)25-26(21)13-5-3-12(22)4-6-13/h3-8,16,19-20,27-30H,9H2,1-2H3. The van der Waals surface area contributed by atoms with Crippen molar-refractivity contribution in [3.8, 4) is 5.69 Å². The van der Waals surface area contributed by atoms with Crippen molar-refractivity contribution >= 4 is 22.2 Å². The second-order valence-electron chi connectivity index (χ2n) is 7.28. The first-order valence-electron chi connectivity index (χ1n) is 9.38. The number of hydrogen-bond donors (Lipinski definition) is 4. The molecule has 0 bridgehead atoms. The van der Waals surface area contributed by atoms with E-state index in [2.05, 4.69) is 15.1 Å². The van der Waals surface area contributed by atoms with Gasteiger partial charge in [-0.2, -0.15) is 5.10 Å². The number of aliphatic hydroxyl groups excluding tert-OH is 4. The molecular formula is C21H21FN4O4. The summed E-state index contributed by atoms with van der Waals surface area (Å²) < 4.78 is 14.8. The molecule has 0 fully saturated rings. The average Bonchev–Trinajstić information content (AvgIpc) is 3.10. The molecule has 2 aromatic heterocycles. The zero-order valence-electron chi connectivity index (χ0n) is 16.4. The minimum absolute atomic E-state index is 0.0121. The first kappa shape index (κ1) is 20.3. The van der Waals surface area contributed by atoms with Crippen LogP contribution in [0.5, 0.6) is 0 Å².